The van der Waals surface area contributed by atoms with E-state index >= 15 is 0 Å². The van der Waals surface area contributed by atoms with E-state index in [4.69, 9.17) is 0 Å². The van der Waals surface area contributed by atoms with Crippen molar-refractivity contribution in [3.63, 3.8) is 0 Å². The lowest BCUT2D eigenvalue weighted by Gasteiger charge is -2.11. The van der Waals surface area contributed by atoms with Gasteiger partial charge in [-0.15, -0.1) is 0 Å². The number of rotatable bonds is 5. The molecule has 1 heterocycles. The molecular weight excluding hydrogens is 330 g/mol. The zero-order valence-electron chi connectivity index (χ0n) is 11.2. The first-order valence-electron chi connectivity index (χ1n) is 6.25. The number of hydrogen-bond donors (Lipinski definition) is 0. The molecule has 0 aliphatic heterocycles. The Kier molecular flexibility index (Phi) is 4.75. The summed E-state index contributed by atoms with van der Waals surface area (Å²) in [6.45, 7) is 1.40. The summed E-state index contributed by atoms with van der Waals surface area (Å²) in [5, 5.41) is 4.34. The molecule has 0 fully saturated rings. The van der Waals surface area contributed by atoms with E-state index in [1.807, 2.05) is 12.1 Å². The van der Waals surface area contributed by atoms with Crippen LogP contribution in [0.2, 0.25) is 0 Å². The summed E-state index contributed by atoms with van der Waals surface area (Å²) in [4.78, 5) is 0. The Morgan fingerprint density at radius 2 is 2.05 bits per heavy atom. The molecule has 0 aliphatic carbocycles. The molecule has 0 unspecified atom stereocenters. The molecule has 2 aromatic rings. The van der Waals surface area contributed by atoms with E-state index < -0.39 is 6.61 Å². The Hall–Kier alpha value is -1.43. The molecule has 0 aliphatic rings. The van der Waals surface area contributed by atoms with Crippen LogP contribution in [0.25, 0.3) is 5.69 Å². The van der Waals surface area contributed by atoms with Crippen LogP contribution in [-0.2, 0) is 6.42 Å². The van der Waals surface area contributed by atoms with Crippen molar-refractivity contribution in [2.75, 3.05) is 0 Å². The van der Waals surface area contributed by atoms with E-state index in [-0.39, 0.29) is 5.75 Å². The topological polar surface area (TPSA) is 27.1 Å². The molecule has 0 bridgehead atoms. The number of alkyl halides is 2. The van der Waals surface area contributed by atoms with E-state index in [1.54, 1.807) is 16.8 Å². The van der Waals surface area contributed by atoms with Crippen LogP contribution in [0.5, 0.6) is 5.75 Å². The normalized spacial score (nSPS) is 11.3. The molecule has 108 valence electrons. The third-order valence-electron chi connectivity index (χ3n) is 2.66. The Morgan fingerprint density at radius 1 is 1.30 bits per heavy atom. The highest BCUT2D eigenvalue weighted by Gasteiger charge is 2.11. The minimum absolute atomic E-state index is 0.125. The number of hydrogen-bond acceptors (Lipinski definition) is 2. The fourth-order valence-electron chi connectivity index (χ4n) is 1.97. The largest absolute Gasteiger partial charge is 0.435 e. The third-order valence-corrected chi connectivity index (χ3v) is 3.05. The van der Waals surface area contributed by atoms with Crippen LogP contribution in [0.15, 0.2) is 34.9 Å². The van der Waals surface area contributed by atoms with Crippen molar-refractivity contribution < 1.29 is 13.5 Å². The standard InChI is InChI=1S/C14H15BrF2N2O/c1-9(2)6-11-8-13(15)18-19(11)10-4-3-5-12(7-10)20-14(16)17/h3-5,7-9,14H,6H2,1-2H3. The van der Waals surface area contributed by atoms with E-state index in [2.05, 4.69) is 39.6 Å². The summed E-state index contributed by atoms with van der Waals surface area (Å²) in [6, 6.07) is 8.45. The third kappa shape index (κ3) is 3.79. The van der Waals surface area contributed by atoms with Gasteiger partial charge in [0.15, 0.2) is 0 Å². The number of halogens is 3. The van der Waals surface area contributed by atoms with E-state index in [1.165, 1.54) is 6.07 Å². The summed E-state index contributed by atoms with van der Waals surface area (Å²) in [7, 11) is 0. The average molecular weight is 345 g/mol. The monoisotopic (exact) mass is 344 g/mol. The highest BCUT2D eigenvalue weighted by Crippen LogP contribution is 2.23. The zero-order valence-corrected chi connectivity index (χ0v) is 12.8. The summed E-state index contributed by atoms with van der Waals surface area (Å²) >= 11 is 3.35. The van der Waals surface area contributed by atoms with Gasteiger partial charge in [0, 0.05) is 11.8 Å². The Bertz CT molecular complexity index is 584. The van der Waals surface area contributed by atoms with Crippen molar-refractivity contribution in [3.8, 4) is 11.4 Å². The fraction of sp³-hybridized carbons (Fsp3) is 0.357. The maximum atomic E-state index is 12.3. The maximum absolute atomic E-state index is 12.3. The average Bonchev–Trinajstić information content (AvgIpc) is 2.68. The van der Waals surface area contributed by atoms with E-state index in [0.29, 0.717) is 16.2 Å². The van der Waals surface area contributed by atoms with Crippen molar-refractivity contribution in [3.05, 3.63) is 40.6 Å². The SMILES string of the molecule is CC(C)Cc1cc(Br)nn1-c1cccc(OC(F)F)c1. The lowest BCUT2D eigenvalue weighted by atomic mass is 10.1. The predicted octanol–water partition coefficient (Wildman–Crippen LogP) is 4.43. The van der Waals surface area contributed by atoms with Crippen LogP contribution in [0, 0.1) is 5.92 Å². The molecule has 0 N–H and O–H groups in total. The van der Waals surface area contributed by atoms with E-state index in [0.717, 1.165) is 12.1 Å². The van der Waals surface area contributed by atoms with Crippen molar-refractivity contribution in [2.24, 2.45) is 5.92 Å². The van der Waals surface area contributed by atoms with Gasteiger partial charge in [0.1, 0.15) is 10.4 Å². The summed E-state index contributed by atoms with van der Waals surface area (Å²) < 4.78 is 31.4. The molecule has 0 spiro atoms. The number of benzene rings is 1. The summed E-state index contributed by atoms with van der Waals surface area (Å²) in [5.41, 5.74) is 1.71. The molecule has 0 atom stereocenters. The minimum atomic E-state index is -2.83. The summed E-state index contributed by atoms with van der Waals surface area (Å²) in [6.07, 6.45) is 0.846. The number of aromatic nitrogens is 2. The van der Waals surface area contributed by atoms with Crippen molar-refractivity contribution in [1.82, 2.24) is 9.78 Å². The van der Waals surface area contributed by atoms with Crippen LogP contribution < -0.4 is 4.74 Å². The minimum Gasteiger partial charge on any atom is -0.435 e. The highest BCUT2D eigenvalue weighted by molar-refractivity contribution is 9.10. The number of nitrogens with zero attached hydrogens (tertiary/aromatic N) is 2. The van der Waals surface area contributed by atoms with Gasteiger partial charge in [-0.2, -0.15) is 13.9 Å². The van der Waals surface area contributed by atoms with Gasteiger partial charge in [-0.1, -0.05) is 19.9 Å². The van der Waals surface area contributed by atoms with Gasteiger partial charge in [0.25, 0.3) is 0 Å². The molecule has 3 nitrogen and oxygen atoms in total. The van der Waals surface area contributed by atoms with Crippen molar-refractivity contribution in [1.29, 1.82) is 0 Å². The first kappa shape index (κ1) is 15.0. The van der Waals surface area contributed by atoms with Crippen LogP contribution >= 0.6 is 15.9 Å². The quantitative estimate of drug-likeness (QED) is 0.801. The molecule has 20 heavy (non-hydrogen) atoms. The zero-order chi connectivity index (χ0) is 14.7. The van der Waals surface area contributed by atoms with Crippen LogP contribution in [0.3, 0.4) is 0 Å². The van der Waals surface area contributed by atoms with Gasteiger partial charge < -0.3 is 4.74 Å². The Labute approximate surface area is 124 Å². The second-order valence-electron chi connectivity index (χ2n) is 4.84. The van der Waals surface area contributed by atoms with Gasteiger partial charge in [-0.25, -0.2) is 4.68 Å². The second-order valence-corrected chi connectivity index (χ2v) is 5.66. The number of ether oxygens (including phenoxy) is 1. The molecule has 0 saturated heterocycles. The molecular formula is C14H15BrF2N2O. The molecule has 1 aromatic carbocycles. The van der Waals surface area contributed by atoms with E-state index in [9.17, 15) is 8.78 Å². The Morgan fingerprint density at radius 3 is 2.70 bits per heavy atom. The van der Waals surface area contributed by atoms with Gasteiger partial charge in [0.2, 0.25) is 0 Å². The van der Waals surface area contributed by atoms with Gasteiger partial charge in [-0.3, -0.25) is 0 Å². The molecule has 2 rings (SSSR count). The van der Waals surface area contributed by atoms with Crippen LogP contribution in [-0.4, -0.2) is 16.4 Å². The molecule has 0 saturated carbocycles. The molecule has 0 amide bonds. The molecule has 0 radical (unpaired) electrons. The highest BCUT2D eigenvalue weighted by atomic mass is 79.9. The van der Waals surface area contributed by atoms with Gasteiger partial charge in [0.05, 0.1) is 5.69 Å². The smallest absolute Gasteiger partial charge is 0.387 e. The maximum Gasteiger partial charge on any atom is 0.387 e. The lowest BCUT2D eigenvalue weighted by molar-refractivity contribution is -0.0498. The fourth-order valence-corrected chi connectivity index (χ4v) is 2.39. The molecule has 1 aromatic heterocycles. The van der Waals surface area contributed by atoms with Crippen molar-refractivity contribution >= 4 is 15.9 Å². The molecule has 6 heteroatoms. The second kappa shape index (κ2) is 6.35. The predicted molar refractivity (Wildman–Crippen MR) is 76.4 cm³/mol. The Balaban J connectivity index is 2.35. The van der Waals surface area contributed by atoms with Gasteiger partial charge in [-0.05, 0) is 46.5 Å². The van der Waals surface area contributed by atoms with Crippen LogP contribution in [0.1, 0.15) is 19.5 Å². The summed E-state index contributed by atoms with van der Waals surface area (Å²) in [5.74, 6) is 0.595. The lowest BCUT2D eigenvalue weighted by Crippen LogP contribution is -2.06. The van der Waals surface area contributed by atoms with Gasteiger partial charge >= 0.3 is 6.61 Å². The first-order chi connectivity index (χ1) is 9.45. The first-order valence-corrected chi connectivity index (χ1v) is 7.04. The van der Waals surface area contributed by atoms with Crippen LogP contribution in [0.4, 0.5) is 8.78 Å². The van der Waals surface area contributed by atoms with Crippen molar-refractivity contribution in [2.45, 2.75) is 26.9 Å².